The van der Waals surface area contributed by atoms with Gasteiger partial charge < -0.3 is 10.1 Å². The molecule has 0 fully saturated rings. The molecule has 0 spiro atoms. The molecule has 1 N–H and O–H groups in total. The van der Waals surface area contributed by atoms with E-state index in [-0.39, 0.29) is 12.3 Å². The number of benzene rings is 3. The fourth-order valence-electron chi connectivity index (χ4n) is 2.60. The minimum atomic E-state index is -0.0630. The van der Waals surface area contributed by atoms with E-state index in [1.807, 2.05) is 66.7 Å². The van der Waals surface area contributed by atoms with Gasteiger partial charge in [0.05, 0.1) is 13.5 Å². The van der Waals surface area contributed by atoms with Gasteiger partial charge in [-0.05, 0) is 29.3 Å². The monoisotopic (exact) mass is 317 g/mol. The zero-order chi connectivity index (χ0) is 16.8. The molecule has 0 aliphatic carbocycles. The van der Waals surface area contributed by atoms with Crippen molar-refractivity contribution in [1.29, 1.82) is 0 Å². The Morgan fingerprint density at radius 1 is 0.833 bits per heavy atom. The Kier molecular flexibility index (Phi) is 4.92. The average Bonchev–Trinajstić information content (AvgIpc) is 2.63. The molecular weight excluding hydrogens is 298 g/mol. The highest BCUT2D eigenvalue weighted by Crippen LogP contribution is 2.22. The first-order valence-corrected chi connectivity index (χ1v) is 7.83. The Balaban J connectivity index is 1.67. The van der Waals surface area contributed by atoms with Crippen LogP contribution in [0.5, 0.6) is 5.75 Å². The highest BCUT2D eigenvalue weighted by molar-refractivity contribution is 5.92. The molecule has 3 aromatic rings. The summed E-state index contributed by atoms with van der Waals surface area (Å²) in [5.74, 6) is 0.666. The van der Waals surface area contributed by atoms with Gasteiger partial charge in [-0.25, -0.2) is 0 Å². The second-order valence-electron chi connectivity index (χ2n) is 5.48. The van der Waals surface area contributed by atoms with Crippen molar-refractivity contribution in [1.82, 2.24) is 0 Å². The van der Waals surface area contributed by atoms with Crippen molar-refractivity contribution in [2.24, 2.45) is 0 Å². The molecular formula is C21H19NO2. The third kappa shape index (κ3) is 3.82. The number of hydrogen-bond acceptors (Lipinski definition) is 2. The van der Waals surface area contributed by atoms with Crippen molar-refractivity contribution in [2.45, 2.75) is 6.42 Å². The third-order valence-corrected chi connectivity index (χ3v) is 3.82. The van der Waals surface area contributed by atoms with Crippen molar-refractivity contribution < 1.29 is 9.53 Å². The Hall–Kier alpha value is -3.07. The summed E-state index contributed by atoms with van der Waals surface area (Å²) < 4.78 is 5.28. The molecule has 0 aliphatic rings. The number of carbonyl (C=O) groups is 1. The van der Waals surface area contributed by atoms with Crippen LogP contribution in [0.15, 0.2) is 78.9 Å². The molecule has 3 aromatic carbocycles. The molecule has 0 atom stereocenters. The molecule has 1 amide bonds. The Morgan fingerprint density at radius 2 is 1.46 bits per heavy atom. The van der Waals surface area contributed by atoms with Crippen molar-refractivity contribution in [3.63, 3.8) is 0 Å². The Bertz CT molecular complexity index is 811. The second-order valence-corrected chi connectivity index (χ2v) is 5.48. The summed E-state index contributed by atoms with van der Waals surface area (Å²) in [6, 6.07) is 25.6. The van der Waals surface area contributed by atoms with E-state index in [4.69, 9.17) is 4.74 Å². The van der Waals surface area contributed by atoms with Crippen molar-refractivity contribution >= 4 is 11.6 Å². The van der Waals surface area contributed by atoms with Crippen molar-refractivity contribution in [3.05, 3.63) is 84.4 Å². The predicted molar refractivity (Wildman–Crippen MR) is 97.2 cm³/mol. The standard InChI is InChI=1S/C21H19NO2/c1-24-20-10-6-5-9-18(20)15-21(23)22-19-13-11-17(12-14-19)16-7-3-2-4-8-16/h2-14H,15H2,1H3,(H,22,23). The molecule has 0 saturated heterocycles. The second kappa shape index (κ2) is 7.47. The zero-order valence-corrected chi connectivity index (χ0v) is 13.5. The largest absolute Gasteiger partial charge is 0.496 e. The van der Waals surface area contributed by atoms with E-state index >= 15 is 0 Å². The van der Waals surface area contributed by atoms with Crippen molar-refractivity contribution in [3.8, 4) is 16.9 Å². The smallest absolute Gasteiger partial charge is 0.228 e. The Morgan fingerprint density at radius 3 is 2.17 bits per heavy atom. The zero-order valence-electron chi connectivity index (χ0n) is 13.5. The fourth-order valence-corrected chi connectivity index (χ4v) is 2.60. The summed E-state index contributed by atoms with van der Waals surface area (Å²) in [6.45, 7) is 0. The lowest BCUT2D eigenvalue weighted by molar-refractivity contribution is -0.115. The van der Waals surface area contributed by atoms with Crippen LogP contribution in [0, 0.1) is 0 Å². The highest BCUT2D eigenvalue weighted by Gasteiger charge is 2.08. The van der Waals surface area contributed by atoms with E-state index in [9.17, 15) is 4.79 Å². The number of hydrogen-bond donors (Lipinski definition) is 1. The van der Waals surface area contributed by atoms with Gasteiger partial charge in [0.2, 0.25) is 5.91 Å². The van der Waals surface area contributed by atoms with Gasteiger partial charge in [-0.2, -0.15) is 0 Å². The molecule has 0 saturated carbocycles. The van der Waals surface area contributed by atoms with Gasteiger partial charge >= 0.3 is 0 Å². The summed E-state index contributed by atoms with van der Waals surface area (Å²) in [5, 5.41) is 2.93. The number of methoxy groups -OCH3 is 1. The molecule has 0 unspecified atom stereocenters. The van der Waals surface area contributed by atoms with Crippen LogP contribution in [0.2, 0.25) is 0 Å². The van der Waals surface area contributed by atoms with Crippen LogP contribution >= 0.6 is 0 Å². The molecule has 24 heavy (non-hydrogen) atoms. The van der Waals surface area contributed by atoms with Gasteiger partial charge in [-0.15, -0.1) is 0 Å². The molecule has 3 heteroatoms. The van der Waals surface area contributed by atoms with E-state index in [0.717, 1.165) is 28.1 Å². The molecule has 0 bridgehead atoms. The van der Waals surface area contributed by atoms with Gasteiger partial charge in [0.1, 0.15) is 5.75 Å². The van der Waals surface area contributed by atoms with Gasteiger partial charge in [0.15, 0.2) is 0 Å². The predicted octanol–water partition coefficient (Wildman–Crippen LogP) is 4.54. The van der Waals surface area contributed by atoms with Crippen LogP contribution in [0.3, 0.4) is 0 Å². The maximum Gasteiger partial charge on any atom is 0.228 e. The Labute approximate surface area is 141 Å². The lowest BCUT2D eigenvalue weighted by atomic mass is 10.1. The molecule has 0 radical (unpaired) electrons. The van der Waals surface area contributed by atoms with E-state index in [0.29, 0.717) is 0 Å². The summed E-state index contributed by atoms with van der Waals surface area (Å²) >= 11 is 0. The summed E-state index contributed by atoms with van der Waals surface area (Å²) in [5.41, 5.74) is 3.94. The summed E-state index contributed by atoms with van der Waals surface area (Å²) in [4.78, 5) is 12.2. The lowest BCUT2D eigenvalue weighted by Crippen LogP contribution is -2.14. The third-order valence-electron chi connectivity index (χ3n) is 3.82. The normalized spacial score (nSPS) is 10.2. The SMILES string of the molecule is COc1ccccc1CC(=O)Nc1ccc(-c2ccccc2)cc1. The van der Waals surface area contributed by atoms with Crippen LogP contribution < -0.4 is 10.1 Å². The van der Waals surface area contributed by atoms with Crippen LogP contribution in [0.4, 0.5) is 5.69 Å². The number of carbonyl (C=O) groups excluding carboxylic acids is 1. The van der Waals surface area contributed by atoms with Crippen molar-refractivity contribution in [2.75, 3.05) is 12.4 Å². The van der Waals surface area contributed by atoms with Crippen LogP contribution in [-0.2, 0) is 11.2 Å². The van der Waals surface area contributed by atoms with Gasteiger partial charge in [-0.1, -0.05) is 60.7 Å². The first kappa shape index (κ1) is 15.8. The molecule has 0 aromatic heterocycles. The average molecular weight is 317 g/mol. The van der Waals surface area contributed by atoms with Crippen LogP contribution in [0.25, 0.3) is 11.1 Å². The number of amides is 1. The van der Waals surface area contributed by atoms with Gasteiger partial charge in [0.25, 0.3) is 0 Å². The quantitative estimate of drug-likeness (QED) is 0.750. The molecule has 0 aliphatic heterocycles. The minimum Gasteiger partial charge on any atom is -0.496 e. The maximum absolute atomic E-state index is 12.2. The lowest BCUT2D eigenvalue weighted by Gasteiger charge is -2.09. The number of anilines is 1. The van der Waals surface area contributed by atoms with E-state index in [2.05, 4.69) is 17.4 Å². The maximum atomic E-state index is 12.2. The highest BCUT2D eigenvalue weighted by atomic mass is 16.5. The van der Waals surface area contributed by atoms with Crippen LogP contribution in [0.1, 0.15) is 5.56 Å². The first-order chi connectivity index (χ1) is 11.8. The molecule has 120 valence electrons. The number of ether oxygens (including phenoxy) is 1. The summed E-state index contributed by atoms with van der Waals surface area (Å²) in [7, 11) is 1.61. The van der Waals surface area contributed by atoms with Gasteiger partial charge in [-0.3, -0.25) is 4.79 Å². The van der Waals surface area contributed by atoms with E-state index in [1.165, 1.54) is 0 Å². The topological polar surface area (TPSA) is 38.3 Å². The fraction of sp³-hybridized carbons (Fsp3) is 0.0952. The summed E-state index contributed by atoms with van der Waals surface area (Å²) in [6.07, 6.45) is 0.282. The molecule has 3 nitrogen and oxygen atoms in total. The van der Waals surface area contributed by atoms with E-state index < -0.39 is 0 Å². The van der Waals surface area contributed by atoms with Crippen LogP contribution in [-0.4, -0.2) is 13.0 Å². The molecule has 3 rings (SSSR count). The van der Waals surface area contributed by atoms with Gasteiger partial charge in [0, 0.05) is 11.3 Å². The number of nitrogens with one attached hydrogen (secondary N) is 1. The molecule has 0 heterocycles. The number of para-hydroxylation sites is 1. The first-order valence-electron chi connectivity index (χ1n) is 7.83. The minimum absolute atomic E-state index is 0.0630. The van der Waals surface area contributed by atoms with E-state index in [1.54, 1.807) is 7.11 Å². The number of rotatable bonds is 5.